The number of halogens is 1. The smallest absolute Gasteiger partial charge is 0.262 e. The van der Waals surface area contributed by atoms with Gasteiger partial charge in [0.1, 0.15) is 12.0 Å². The third-order valence-corrected chi connectivity index (χ3v) is 3.48. The molecule has 0 radical (unpaired) electrons. The van der Waals surface area contributed by atoms with Crippen molar-refractivity contribution in [2.75, 3.05) is 25.6 Å². The van der Waals surface area contributed by atoms with Gasteiger partial charge in [0.15, 0.2) is 18.1 Å². The predicted molar refractivity (Wildman–Crippen MR) is 95.1 cm³/mol. The maximum absolute atomic E-state index is 12.1. The molecule has 0 saturated heterocycles. The first-order chi connectivity index (χ1) is 12.1. The predicted octanol–water partition coefficient (Wildman–Crippen LogP) is 3.58. The highest BCUT2D eigenvalue weighted by Gasteiger charge is 2.14. The number of nitrogens with one attached hydrogen (secondary N) is 1. The molecule has 2 aromatic carbocycles. The van der Waals surface area contributed by atoms with Crippen LogP contribution in [0.5, 0.6) is 17.2 Å². The van der Waals surface area contributed by atoms with Crippen molar-refractivity contribution in [2.45, 2.75) is 6.92 Å². The molecular weight excluding hydrogens is 346 g/mol. The molecule has 132 valence electrons. The van der Waals surface area contributed by atoms with Crippen LogP contribution in [0.1, 0.15) is 17.3 Å². The van der Waals surface area contributed by atoms with Gasteiger partial charge >= 0.3 is 0 Å². The van der Waals surface area contributed by atoms with Gasteiger partial charge in [0.2, 0.25) is 0 Å². The Morgan fingerprint density at radius 3 is 2.64 bits per heavy atom. The van der Waals surface area contributed by atoms with Gasteiger partial charge in [-0.1, -0.05) is 23.7 Å². The number of hydrogen-bond donors (Lipinski definition) is 1. The van der Waals surface area contributed by atoms with Crippen LogP contribution < -0.4 is 19.5 Å². The summed E-state index contributed by atoms with van der Waals surface area (Å²) in [6.07, 6.45) is 0.648. The summed E-state index contributed by atoms with van der Waals surface area (Å²) < 4.78 is 16.1. The second-order valence-electron chi connectivity index (χ2n) is 4.92. The van der Waals surface area contributed by atoms with E-state index in [0.29, 0.717) is 29.9 Å². The quantitative estimate of drug-likeness (QED) is 0.726. The molecule has 7 heteroatoms. The van der Waals surface area contributed by atoms with Gasteiger partial charge in [-0.25, -0.2) is 0 Å². The van der Waals surface area contributed by atoms with Crippen LogP contribution in [0.2, 0.25) is 5.02 Å². The molecule has 1 amide bonds. The normalized spacial score (nSPS) is 10.0. The van der Waals surface area contributed by atoms with Crippen LogP contribution >= 0.6 is 11.6 Å². The summed E-state index contributed by atoms with van der Waals surface area (Å²) in [7, 11) is 1.42. The van der Waals surface area contributed by atoms with Crippen molar-refractivity contribution in [3.05, 3.63) is 47.0 Å². The van der Waals surface area contributed by atoms with E-state index in [0.717, 1.165) is 0 Å². The minimum Gasteiger partial charge on any atom is -0.493 e. The molecule has 1 N–H and O–H groups in total. The summed E-state index contributed by atoms with van der Waals surface area (Å²) in [5, 5.41) is 2.90. The molecule has 0 saturated carbocycles. The number of benzene rings is 2. The van der Waals surface area contributed by atoms with E-state index in [-0.39, 0.29) is 29.0 Å². The molecule has 0 heterocycles. The number of anilines is 1. The van der Waals surface area contributed by atoms with Crippen LogP contribution in [0.4, 0.5) is 5.69 Å². The monoisotopic (exact) mass is 363 g/mol. The Bertz CT molecular complexity index is 763. The van der Waals surface area contributed by atoms with Crippen molar-refractivity contribution in [1.29, 1.82) is 0 Å². The average Bonchev–Trinajstić information content (AvgIpc) is 2.61. The van der Waals surface area contributed by atoms with Crippen molar-refractivity contribution in [3.63, 3.8) is 0 Å². The van der Waals surface area contributed by atoms with Crippen molar-refractivity contribution < 1.29 is 23.8 Å². The van der Waals surface area contributed by atoms with E-state index in [1.54, 1.807) is 18.2 Å². The Morgan fingerprint density at radius 1 is 1.20 bits per heavy atom. The molecule has 0 aliphatic rings. The molecule has 6 nitrogen and oxygen atoms in total. The lowest BCUT2D eigenvalue weighted by Crippen LogP contribution is -2.21. The summed E-state index contributed by atoms with van der Waals surface area (Å²) >= 11 is 6.09. The average molecular weight is 364 g/mol. The SMILES string of the molecule is CCOc1ccccc1NC(=O)COc1c(Cl)cc(C=O)cc1OC. The van der Waals surface area contributed by atoms with E-state index in [1.807, 2.05) is 13.0 Å². The summed E-state index contributed by atoms with van der Waals surface area (Å²) in [6.45, 7) is 2.06. The molecule has 25 heavy (non-hydrogen) atoms. The highest BCUT2D eigenvalue weighted by Crippen LogP contribution is 2.36. The molecule has 0 unspecified atom stereocenters. The third-order valence-electron chi connectivity index (χ3n) is 3.20. The highest BCUT2D eigenvalue weighted by molar-refractivity contribution is 6.32. The van der Waals surface area contributed by atoms with Gasteiger partial charge in [-0.3, -0.25) is 9.59 Å². The fourth-order valence-corrected chi connectivity index (χ4v) is 2.40. The van der Waals surface area contributed by atoms with Gasteiger partial charge in [-0.2, -0.15) is 0 Å². The maximum atomic E-state index is 12.1. The van der Waals surface area contributed by atoms with Gasteiger partial charge in [-0.05, 0) is 31.2 Å². The fourth-order valence-electron chi connectivity index (χ4n) is 2.12. The van der Waals surface area contributed by atoms with Gasteiger partial charge in [0, 0.05) is 5.56 Å². The third kappa shape index (κ3) is 4.87. The zero-order valence-corrected chi connectivity index (χ0v) is 14.6. The lowest BCUT2D eigenvalue weighted by molar-refractivity contribution is -0.118. The Kier molecular flexibility index (Phi) is 6.65. The van der Waals surface area contributed by atoms with Crippen LogP contribution in [0.15, 0.2) is 36.4 Å². The van der Waals surface area contributed by atoms with Crippen molar-refractivity contribution >= 4 is 29.5 Å². The molecule has 2 rings (SSSR count). The summed E-state index contributed by atoms with van der Waals surface area (Å²) in [5.41, 5.74) is 0.900. The van der Waals surface area contributed by atoms with E-state index < -0.39 is 0 Å². The Morgan fingerprint density at radius 2 is 1.96 bits per heavy atom. The molecule has 0 aliphatic carbocycles. The zero-order chi connectivity index (χ0) is 18.2. The van der Waals surface area contributed by atoms with Crippen LogP contribution in [0, 0.1) is 0 Å². The standard InChI is InChI=1S/C18H18ClNO5/c1-3-24-15-7-5-4-6-14(15)20-17(22)11-25-18-13(19)8-12(10-21)9-16(18)23-2/h4-10H,3,11H2,1-2H3,(H,20,22). The van der Waals surface area contributed by atoms with Gasteiger partial charge in [0.05, 0.1) is 24.4 Å². The molecule has 0 atom stereocenters. The Balaban J connectivity index is 2.07. The van der Waals surface area contributed by atoms with E-state index in [1.165, 1.54) is 19.2 Å². The first-order valence-corrected chi connectivity index (χ1v) is 7.94. The molecule has 0 aliphatic heterocycles. The number of methoxy groups -OCH3 is 1. The van der Waals surface area contributed by atoms with Crippen LogP contribution in [0.25, 0.3) is 0 Å². The van der Waals surface area contributed by atoms with Crippen molar-refractivity contribution in [1.82, 2.24) is 0 Å². The summed E-state index contributed by atoms with van der Waals surface area (Å²) in [6, 6.07) is 10.0. The van der Waals surface area contributed by atoms with E-state index in [9.17, 15) is 9.59 Å². The lowest BCUT2D eigenvalue weighted by atomic mass is 10.2. The second-order valence-corrected chi connectivity index (χ2v) is 5.33. The topological polar surface area (TPSA) is 73.9 Å². The number of para-hydroxylation sites is 2. The lowest BCUT2D eigenvalue weighted by Gasteiger charge is -2.14. The number of carbonyl (C=O) groups is 2. The Labute approximate surface area is 150 Å². The fraction of sp³-hybridized carbons (Fsp3) is 0.222. The second kappa shape index (κ2) is 8.94. The van der Waals surface area contributed by atoms with Crippen LogP contribution in [-0.2, 0) is 4.79 Å². The van der Waals surface area contributed by atoms with Crippen molar-refractivity contribution in [2.24, 2.45) is 0 Å². The van der Waals surface area contributed by atoms with E-state index in [2.05, 4.69) is 5.32 Å². The van der Waals surface area contributed by atoms with Crippen LogP contribution in [0.3, 0.4) is 0 Å². The number of ether oxygens (including phenoxy) is 3. The number of hydrogen-bond acceptors (Lipinski definition) is 5. The van der Waals surface area contributed by atoms with Crippen molar-refractivity contribution in [3.8, 4) is 17.2 Å². The zero-order valence-electron chi connectivity index (χ0n) is 13.9. The van der Waals surface area contributed by atoms with Crippen LogP contribution in [-0.4, -0.2) is 32.5 Å². The minimum absolute atomic E-state index is 0.184. The number of aldehydes is 1. The summed E-state index contributed by atoms with van der Waals surface area (Å²) in [4.78, 5) is 23.0. The van der Waals surface area contributed by atoms with Gasteiger partial charge in [0.25, 0.3) is 5.91 Å². The molecule has 0 bridgehead atoms. The molecule has 0 fully saturated rings. The molecule has 2 aromatic rings. The first kappa shape index (κ1) is 18.6. The maximum Gasteiger partial charge on any atom is 0.262 e. The molecule has 0 spiro atoms. The highest BCUT2D eigenvalue weighted by atomic mass is 35.5. The molecular formula is C18H18ClNO5. The van der Waals surface area contributed by atoms with E-state index >= 15 is 0 Å². The molecule has 0 aromatic heterocycles. The number of rotatable bonds is 8. The number of carbonyl (C=O) groups excluding carboxylic acids is 2. The minimum atomic E-state index is -0.385. The van der Waals surface area contributed by atoms with E-state index in [4.69, 9.17) is 25.8 Å². The van der Waals surface area contributed by atoms with Gasteiger partial charge < -0.3 is 19.5 Å². The number of amides is 1. The first-order valence-electron chi connectivity index (χ1n) is 7.56. The Hall–Kier alpha value is -2.73. The largest absolute Gasteiger partial charge is 0.493 e. The summed E-state index contributed by atoms with van der Waals surface area (Å²) in [5.74, 6) is 0.661. The van der Waals surface area contributed by atoms with Gasteiger partial charge in [-0.15, -0.1) is 0 Å².